The van der Waals surface area contributed by atoms with E-state index in [0.717, 1.165) is 25.7 Å². The molecule has 2 aromatic carbocycles. The highest BCUT2D eigenvalue weighted by atomic mass is 16.1. The lowest BCUT2D eigenvalue weighted by Crippen LogP contribution is -2.24. The van der Waals surface area contributed by atoms with Crippen LogP contribution in [-0.2, 0) is 4.79 Å². The smallest absolute Gasteiger partial charge is 0.127 e. The lowest BCUT2D eigenvalue weighted by Gasteiger charge is -2.26. The van der Waals surface area contributed by atoms with E-state index in [0.29, 0.717) is 12.0 Å². The molecule has 0 bridgehead atoms. The Morgan fingerprint density at radius 2 is 1.52 bits per heavy atom. The van der Waals surface area contributed by atoms with Gasteiger partial charge in [-0.25, -0.2) is 0 Å². The molecule has 2 rings (SSSR count). The number of rotatable bonds is 9. The first-order chi connectivity index (χ1) is 12.0. The molecule has 25 heavy (non-hydrogen) atoms. The van der Waals surface area contributed by atoms with Crippen LogP contribution in [0.4, 0.5) is 0 Å². The van der Waals surface area contributed by atoms with Gasteiger partial charge in [-0.1, -0.05) is 68.4 Å². The third-order valence-corrected chi connectivity index (χ3v) is 5.15. The van der Waals surface area contributed by atoms with Crippen LogP contribution in [0.15, 0.2) is 54.6 Å². The van der Waals surface area contributed by atoms with Crippen molar-refractivity contribution in [2.24, 2.45) is 0 Å². The predicted molar refractivity (Wildman–Crippen MR) is 106 cm³/mol. The summed E-state index contributed by atoms with van der Waals surface area (Å²) < 4.78 is 0. The SMILES string of the molecule is CC(C)c1ccccc1C(C=O)CCCN(C)C(C)c1ccccc1. The van der Waals surface area contributed by atoms with Crippen LogP contribution in [0.2, 0.25) is 0 Å². The van der Waals surface area contributed by atoms with Gasteiger partial charge in [0.15, 0.2) is 0 Å². The molecule has 0 saturated carbocycles. The summed E-state index contributed by atoms with van der Waals surface area (Å²) in [4.78, 5) is 14.1. The van der Waals surface area contributed by atoms with Crippen LogP contribution >= 0.6 is 0 Å². The second-order valence-corrected chi connectivity index (χ2v) is 7.24. The number of nitrogens with zero attached hydrogens (tertiary/aromatic N) is 1. The second kappa shape index (κ2) is 9.53. The predicted octanol–water partition coefficient (Wildman–Crippen LogP) is 5.57. The van der Waals surface area contributed by atoms with Crippen LogP contribution < -0.4 is 0 Å². The lowest BCUT2D eigenvalue weighted by molar-refractivity contribution is -0.109. The highest BCUT2D eigenvalue weighted by Gasteiger charge is 2.17. The van der Waals surface area contributed by atoms with Crippen LogP contribution in [0.1, 0.15) is 68.2 Å². The lowest BCUT2D eigenvalue weighted by atomic mass is 9.87. The van der Waals surface area contributed by atoms with Crippen LogP contribution in [0, 0.1) is 0 Å². The van der Waals surface area contributed by atoms with Gasteiger partial charge in [-0.15, -0.1) is 0 Å². The van der Waals surface area contributed by atoms with Gasteiger partial charge in [-0.2, -0.15) is 0 Å². The van der Waals surface area contributed by atoms with E-state index in [9.17, 15) is 4.79 Å². The summed E-state index contributed by atoms with van der Waals surface area (Å²) in [6.45, 7) is 7.61. The molecule has 0 aliphatic heterocycles. The fourth-order valence-electron chi connectivity index (χ4n) is 3.41. The molecule has 0 saturated heterocycles. The minimum atomic E-state index is -0.000897. The zero-order valence-corrected chi connectivity index (χ0v) is 16.0. The van der Waals surface area contributed by atoms with E-state index in [2.05, 4.69) is 81.2 Å². The molecule has 2 nitrogen and oxygen atoms in total. The molecule has 2 unspecified atom stereocenters. The average molecular weight is 338 g/mol. The number of carbonyl (C=O) groups is 1. The maximum absolute atomic E-state index is 11.7. The highest BCUT2D eigenvalue weighted by Crippen LogP contribution is 2.28. The molecule has 0 aliphatic rings. The standard InChI is InChI=1S/C23H31NO/c1-18(2)22-14-8-9-15-23(22)21(17-25)13-10-16-24(4)19(3)20-11-6-5-7-12-20/h5-9,11-12,14-15,17-19,21H,10,13,16H2,1-4H3. The van der Waals surface area contributed by atoms with Gasteiger partial charge >= 0.3 is 0 Å². The zero-order valence-electron chi connectivity index (χ0n) is 16.0. The van der Waals surface area contributed by atoms with Gasteiger partial charge in [0.05, 0.1) is 0 Å². The Morgan fingerprint density at radius 1 is 0.920 bits per heavy atom. The van der Waals surface area contributed by atoms with Crippen molar-refractivity contribution in [2.45, 2.75) is 51.5 Å². The molecular weight excluding hydrogens is 306 g/mol. The Morgan fingerprint density at radius 3 is 2.12 bits per heavy atom. The van der Waals surface area contributed by atoms with E-state index in [4.69, 9.17) is 0 Å². The number of carbonyl (C=O) groups excluding carboxylic acids is 1. The van der Waals surface area contributed by atoms with Gasteiger partial charge in [0.1, 0.15) is 6.29 Å². The number of hydrogen-bond acceptors (Lipinski definition) is 2. The average Bonchev–Trinajstić information content (AvgIpc) is 2.65. The normalized spacial score (nSPS) is 13.8. The van der Waals surface area contributed by atoms with Crippen molar-refractivity contribution >= 4 is 6.29 Å². The molecule has 0 aliphatic carbocycles. The molecule has 0 N–H and O–H groups in total. The van der Waals surface area contributed by atoms with Crippen LogP contribution in [0.25, 0.3) is 0 Å². The van der Waals surface area contributed by atoms with Crippen molar-refractivity contribution in [3.8, 4) is 0 Å². The van der Waals surface area contributed by atoms with Gasteiger partial charge < -0.3 is 4.79 Å². The molecule has 0 fully saturated rings. The first-order valence-electron chi connectivity index (χ1n) is 9.34. The Hall–Kier alpha value is -1.93. The molecule has 2 aromatic rings. The number of benzene rings is 2. The number of aldehydes is 1. The first-order valence-corrected chi connectivity index (χ1v) is 9.34. The Labute approximate surface area is 152 Å². The minimum absolute atomic E-state index is 0.000897. The van der Waals surface area contributed by atoms with E-state index in [1.165, 1.54) is 16.7 Å². The van der Waals surface area contributed by atoms with E-state index in [1.807, 2.05) is 6.07 Å². The summed E-state index contributed by atoms with van der Waals surface area (Å²) in [6, 6.07) is 19.3. The van der Waals surface area contributed by atoms with Crippen molar-refractivity contribution < 1.29 is 4.79 Å². The molecule has 134 valence electrons. The second-order valence-electron chi connectivity index (χ2n) is 7.24. The van der Waals surface area contributed by atoms with Crippen LogP contribution in [0.5, 0.6) is 0 Å². The maximum atomic E-state index is 11.7. The third kappa shape index (κ3) is 5.27. The molecule has 2 heteroatoms. The minimum Gasteiger partial charge on any atom is -0.303 e. The summed E-state index contributed by atoms with van der Waals surface area (Å²) in [5.74, 6) is 0.443. The van der Waals surface area contributed by atoms with E-state index < -0.39 is 0 Å². The topological polar surface area (TPSA) is 20.3 Å². The molecular formula is C23H31NO. The highest BCUT2D eigenvalue weighted by molar-refractivity contribution is 5.63. The molecule has 0 heterocycles. The molecule has 0 radical (unpaired) electrons. The van der Waals surface area contributed by atoms with Crippen LogP contribution in [0.3, 0.4) is 0 Å². The molecule has 0 aromatic heterocycles. The summed E-state index contributed by atoms with van der Waals surface area (Å²) in [6.07, 6.45) is 3.05. The quantitative estimate of drug-likeness (QED) is 0.558. The van der Waals surface area contributed by atoms with Crippen molar-refractivity contribution in [3.63, 3.8) is 0 Å². The Balaban J connectivity index is 1.94. The zero-order chi connectivity index (χ0) is 18.2. The summed E-state index contributed by atoms with van der Waals surface area (Å²) in [5.41, 5.74) is 3.83. The molecule has 0 spiro atoms. The van der Waals surface area contributed by atoms with E-state index in [1.54, 1.807) is 0 Å². The van der Waals surface area contributed by atoms with Crippen molar-refractivity contribution in [1.82, 2.24) is 4.90 Å². The fourth-order valence-corrected chi connectivity index (χ4v) is 3.41. The Bertz CT molecular complexity index is 650. The maximum Gasteiger partial charge on any atom is 0.127 e. The summed E-state index contributed by atoms with van der Waals surface area (Å²) in [5, 5.41) is 0. The first kappa shape index (κ1) is 19.4. The summed E-state index contributed by atoms with van der Waals surface area (Å²) in [7, 11) is 2.16. The fraction of sp³-hybridized carbons (Fsp3) is 0.435. The van der Waals surface area contributed by atoms with Gasteiger partial charge in [0.25, 0.3) is 0 Å². The summed E-state index contributed by atoms with van der Waals surface area (Å²) >= 11 is 0. The monoisotopic (exact) mass is 337 g/mol. The van der Waals surface area contributed by atoms with Crippen molar-refractivity contribution in [3.05, 3.63) is 71.3 Å². The van der Waals surface area contributed by atoms with Crippen LogP contribution in [-0.4, -0.2) is 24.8 Å². The van der Waals surface area contributed by atoms with Gasteiger partial charge in [-0.05, 0) is 56.0 Å². The number of hydrogen-bond donors (Lipinski definition) is 0. The molecule has 2 atom stereocenters. The Kier molecular flexibility index (Phi) is 7.39. The van der Waals surface area contributed by atoms with Gasteiger partial charge in [0.2, 0.25) is 0 Å². The van der Waals surface area contributed by atoms with Crippen molar-refractivity contribution in [1.29, 1.82) is 0 Å². The van der Waals surface area contributed by atoms with E-state index in [-0.39, 0.29) is 5.92 Å². The van der Waals surface area contributed by atoms with Gasteiger partial charge in [0, 0.05) is 12.0 Å². The van der Waals surface area contributed by atoms with Gasteiger partial charge in [-0.3, -0.25) is 4.90 Å². The molecule has 0 amide bonds. The third-order valence-electron chi connectivity index (χ3n) is 5.15. The van der Waals surface area contributed by atoms with Crippen molar-refractivity contribution in [2.75, 3.05) is 13.6 Å². The van der Waals surface area contributed by atoms with E-state index >= 15 is 0 Å². The largest absolute Gasteiger partial charge is 0.303 e.